The predicted octanol–water partition coefficient (Wildman–Crippen LogP) is 1.84. The highest BCUT2D eigenvalue weighted by molar-refractivity contribution is 5.97. The van der Waals surface area contributed by atoms with Crippen LogP contribution in [-0.4, -0.2) is 41.9 Å². The largest absolute Gasteiger partial charge is 0.460 e. The van der Waals surface area contributed by atoms with Gasteiger partial charge in [0.05, 0.1) is 5.92 Å². The van der Waals surface area contributed by atoms with Gasteiger partial charge < -0.3 is 15.4 Å². The number of amides is 2. The van der Waals surface area contributed by atoms with Gasteiger partial charge in [-0.2, -0.15) is 0 Å². The fourth-order valence-corrected chi connectivity index (χ4v) is 1.97. The number of rotatable bonds is 5. The highest BCUT2D eigenvalue weighted by Gasteiger charge is 2.24. The summed E-state index contributed by atoms with van der Waals surface area (Å²) in [6.07, 6.45) is 0. The number of nitrogens with zero attached hydrogens (tertiary/aromatic N) is 1. The molecule has 0 fully saturated rings. The Hall–Kier alpha value is -2.37. The number of carbonyl (C=O) groups is 3. The van der Waals surface area contributed by atoms with Crippen LogP contribution in [0.1, 0.15) is 48.4 Å². The van der Waals surface area contributed by atoms with Crippen LogP contribution >= 0.6 is 0 Å². The lowest BCUT2D eigenvalue weighted by molar-refractivity contribution is -0.159. The summed E-state index contributed by atoms with van der Waals surface area (Å²) in [5, 5.41) is 0. The van der Waals surface area contributed by atoms with Crippen molar-refractivity contribution in [1.82, 2.24) is 4.90 Å². The van der Waals surface area contributed by atoms with Gasteiger partial charge in [0, 0.05) is 24.7 Å². The van der Waals surface area contributed by atoms with Gasteiger partial charge in [-0.25, -0.2) is 0 Å². The second-order valence-corrected chi connectivity index (χ2v) is 6.56. The zero-order valence-electron chi connectivity index (χ0n) is 14.3. The fraction of sp³-hybridized carbons (Fsp3) is 0.471. The lowest BCUT2D eigenvalue weighted by atomic mass is 10.1. The molecular weight excluding hydrogens is 296 g/mol. The summed E-state index contributed by atoms with van der Waals surface area (Å²) in [5.41, 5.74) is 5.37. The van der Waals surface area contributed by atoms with E-state index in [2.05, 4.69) is 0 Å². The van der Waals surface area contributed by atoms with Gasteiger partial charge in [-0.15, -0.1) is 0 Å². The molecule has 0 bridgehead atoms. The number of esters is 1. The van der Waals surface area contributed by atoms with Crippen LogP contribution < -0.4 is 5.73 Å². The van der Waals surface area contributed by atoms with Crippen LogP contribution in [0.5, 0.6) is 0 Å². The van der Waals surface area contributed by atoms with Gasteiger partial charge in [0.2, 0.25) is 5.91 Å². The minimum absolute atomic E-state index is 0.239. The lowest BCUT2D eigenvalue weighted by Gasteiger charge is -2.25. The average molecular weight is 320 g/mol. The van der Waals surface area contributed by atoms with Gasteiger partial charge in [0.25, 0.3) is 5.91 Å². The van der Waals surface area contributed by atoms with Crippen LogP contribution in [0.4, 0.5) is 0 Å². The summed E-state index contributed by atoms with van der Waals surface area (Å²) < 4.78 is 5.30. The van der Waals surface area contributed by atoms with Gasteiger partial charge in [0.1, 0.15) is 5.60 Å². The number of benzene rings is 1. The van der Waals surface area contributed by atoms with Crippen LogP contribution in [-0.2, 0) is 9.53 Å². The number of hydrogen-bond donors (Lipinski definition) is 1. The number of nitrogens with two attached hydrogens (primary N) is 1. The van der Waals surface area contributed by atoms with Crippen molar-refractivity contribution in [3.63, 3.8) is 0 Å². The minimum atomic E-state index is -0.557. The molecule has 0 spiro atoms. The summed E-state index contributed by atoms with van der Waals surface area (Å²) in [4.78, 5) is 36.8. The summed E-state index contributed by atoms with van der Waals surface area (Å²) in [6, 6.07) is 6.08. The molecule has 1 aromatic rings. The third-order valence-electron chi connectivity index (χ3n) is 3.12. The molecule has 0 aliphatic carbocycles. The monoisotopic (exact) mass is 320 g/mol. The minimum Gasteiger partial charge on any atom is -0.460 e. The van der Waals surface area contributed by atoms with Gasteiger partial charge >= 0.3 is 5.97 Å². The number of ether oxygens (including phenoxy) is 1. The molecular formula is C17H24N2O4. The van der Waals surface area contributed by atoms with E-state index >= 15 is 0 Å². The van der Waals surface area contributed by atoms with Crippen LogP contribution in [0, 0.1) is 5.92 Å². The Morgan fingerprint density at radius 1 is 1.13 bits per heavy atom. The molecule has 0 aliphatic rings. The van der Waals surface area contributed by atoms with Crippen LogP contribution in [0.25, 0.3) is 0 Å². The Labute approximate surface area is 136 Å². The lowest BCUT2D eigenvalue weighted by Crippen LogP contribution is -2.36. The van der Waals surface area contributed by atoms with Crippen molar-refractivity contribution in [3.05, 3.63) is 35.4 Å². The van der Waals surface area contributed by atoms with E-state index in [0.29, 0.717) is 11.1 Å². The quantitative estimate of drug-likeness (QED) is 0.838. The van der Waals surface area contributed by atoms with E-state index in [9.17, 15) is 14.4 Å². The number of primary amides is 1. The van der Waals surface area contributed by atoms with Crippen LogP contribution in [0.3, 0.4) is 0 Å². The number of carbonyl (C=O) groups excluding carboxylic acids is 3. The van der Waals surface area contributed by atoms with Crippen molar-refractivity contribution in [3.8, 4) is 0 Å². The summed E-state index contributed by atoms with van der Waals surface area (Å²) in [7, 11) is 1.62. The third-order valence-corrected chi connectivity index (χ3v) is 3.12. The Balaban J connectivity index is 2.69. The fourth-order valence-electron chi connectivity index (χ4n) is 1.97. The molecule has 0 aromatic heterocycles. The molecule has 0 aliphatic heterocycles. The van der Waals surface area contributed by atoms with E-state index in [0.717, 1.165) is 0 Å². The molecule has 1 aromatic carbocycles. The zero-order valence-corrected chi connectivity index (χ0v) is 14.3. The smallest absolute Gasteiger partial charge is 0.310 e. The van der Waals surface area contributed by atoms with E-state index in [-0.39, 0.29) is 18.4 Å². The standard InChI is InChI=1S/C17H24N2O4/c1-11(16(22)23-17(2,3)4)10-19(5)15(21)13-8-6-12(7-9-13)14(18)20/h6-9,11H,10H2,1-5H3,(H2,18,20)/t11-/m1/s1. The molecule has 6 nitrogen and oxygen atoms in total. The molecule has 0 unspecified atom stereocenters. The normalized spacial score (nSPS) is 12.4. The van der Waals surface area contributed by atoms with Gasteiger partial charge in [0.15, 0.2) is 0 Å². The maximum atomic E-state index is 12.3. The van der Waals surface area contributed by atoms with Crippen molar-refractivity contribution in [2.45, 2.75) is 33.3 Å². The molecule has 0 saturated heterocycles. The average Bonchev–Trinajstić information content (AvgIpc) is 2.44. The summed E-state index contributed by atoms with van der Waals surface area (Å²) >= 11 is 0. The first-order valence-electron chi connectivity index (χ1n) is 7.39. The second kappa shape index (κ2) is 7.26. The molecule has 0 heterocycles. The van der Waals surface area contributed by atoms with E-state index < -0.39 is 17.4 Å². The first-order valence-corrected chi connectivity index (χ1v) is 7.39. The summed E-state index contributed by atoms with van der Waals surface area (Å²) in [5.74, 6) is -1.57. The molecule has 126 valence electrons. The third kappa shape index (κ3) is 5.73. The van der Waals surface area contributed by atoms with E-state index in [1.807, 2.05) is 0 Å². The van der Waals surface area contributed by atoms with Gasteiger partial charge in [-0.1, -0.05) is 6.92 Å². The first-order chi connectivity index (χ1) is 10.5. The van der Waals surface area contributed by atoms with Crippen molar-refractivity contribution in [2.75, 3.05) is 13.6 Å². The molecule has 6 heteroatoms. The van der Waals surface area contributed by atoms with E-state index in [1.54, 1.807) is 34.7 Å². The van der Waals surface area contributed by atoms with Crippen molar-refractivity contribution in [1.29, 1.82) is 0 Å². The Morgan fingerprint density at radius 2 is 1.61 bits per heavy atom. The molecule has 23 heavy (non-hydrogen) atoms. The Kier molecular flexibility index (Phi) is 5.90. The van der Waals surface area contributed by atoms with Crippen LogP contribution in [0.2, 0.25) is 0 Å². The second-order valence-electron chi connectivity index (χ2n) is 6.56. The molecule has 0 saturated carbocycles. The predicted molar refractivity (Wildman–Crippen MR) is 86.9 cm³/mol. The zero-order chi connectivity index (χ0) is 17.8. The Morgan fingerprint density at radius 3 is 2.04 bits per heavy atom. The molecule has 2 amide bonds. The molecule has 0 radical (unpaired) electrons. The molecule has 1 rings (SSSR count). The molecule has 2 N–H and O–H groups in total. The topological polar surface area (TPSA) is 89.7 Å². The highest BCUT2D eigenvalue weighted by Crippen LogP contribution is 2.13. The highest BCUT2D eigenvalue weighted by atomic mass is 16.6. The first kappa shape index (κ1) is 18.7. The van der Waals surface area contributed by atoms with Crippen LogP contribution in [0.15, 0.2) is 24.3 Å². The number of hydrogen-bond acceptors (Lipinski definition) is 4. The van der Waals surface area contributed by atoms with E-state index in [4.69, 9.17) is 10.5 Å². The van der Waals surface area contributed by atoms with Crippen molar-refractivity contribution < 1.29 is 19.1 Å². The Bertz CT molecular complexity index is 588. The maximum absolute atomic E-state index is 12.3. The summed E-state index contributed by atoms with van der Waals surface area (Å²) in [6.45, 7) is 7.35. The van der Waals surface area contributed by atoms with Gasteiger partial charge in [-0.3, -0.25) is 14.4 Å². The maximum Gasteiger partial charge on any atom is 0.310 e. The van der Waals surface area contributed by atoms with Crippen molar-refractivity contribution >= 4 is 17.8 Å². The molecule has 1 atom stereocenters. The van der Waals surface area contributed by atoms with Gasteiger partial charge in [-0.05, 0) is 45.0 Å². The van der Waals surface area contributed by atoms with Crippen molar-refractivity contribution in [2.24, 2.45) is 11.7 Å². The SMILES string of the molecule is C[C@H](CN(C)C(=O)c1ccc(C(N)=O)cc1)C(=O)OC(C)(C)C. The van der Waals surface area contributed by atoms with E-state index in [1.165, 1.54) is 29.2 Å².